The quantitative estimate of drug-likeness (QED) is 0.659. The summed E-state index contributed by atoms with van der Waals surface area (Å²) in [5.74, 6) is 1.36. The SMILES string of the molecule is COc1ccc(CNC(=O)[C@@H]2CCC(=O)N(CCCN3CCCC3=O)C2)c(OC)c1. The summed E-state index contributed by atoms with van der Waals surface area (Å²) in [6, 6.07) is 5.48. The first-order chi connectivity index (χ1) is 14.5. The summed E-state index contributed by atoms with van der Waals surface area (Å²) >= 11 is 0. The summed E-state index contributed by atoms with van der Waals surface area (Å²) in [5.41, 5.74) is 0.866. The first-order valence-electron chi connectivity index (χ1n) is 10.6. The molecule has 2 aliphatic heterocycles. The van der Waals surface area contributed by atoms with Gasteiger partial charge >= 0.3 is 0 Å². The minimum Gasteiger partial charge on any atom is -0.497 e. The average Bonchev–Trinajstić information content (AvgIpc) is 3.17. The van der Waals surface area contributed by atoms with Gasteiger partial charge in [-0.15, -0.1) is 0 Å². The molecule has 8 heteroatoms. The standard InChI is InChI=1S/C22H31N3O5/c1-29-18-8-6-16(19(13-18)30-2)14-23-22(28)17-7-9-21(27)25(15-17)12-4-11-24-10-3-5-20(24)26/h6,8,13,17H,3-5,7,9-12,14-15H2,1-2H3,(H,23,28)/t17-/m1/s1. The van der Waals surface area contributed by atoms with E-state index in [4.69, 9.17) is 9.47 Å². The number of piperidine rings is 1. The van der Waals surface area contributed by atoms with E-state index < -0.39 is 0 Å². The number of carbonyl (C=O) groups excluding carboxylic acids is 3. The van der Waals surface area contributed by atoms with Crippen LogP contribution in [0, 0.1) is 5.92 Å². The van der Waals surface area contributed by atoms with Crippen LogP contribution in [0.25, 0.3) is 0 Å². The number of nitrogens with one attached hydrogen (secondary N) is 1. The van der Waals surface area contributed by atoms with E-state index in [2.05, 4.69) is 5.32 Å². The molecule has 1 aromatic carbocycles. The van der Waals surface area contributed by atoms with Gasteiger partial charge in [-0.1, -0.05) is 0 Å². The Kier molecular flexibility index (Phi) is 7.54. The monoisotopic (exact) mass is 417 g/mol. The highest BCUT2D eigenvalue weighted by molar-refractivity contribution is 5.83. The Morgan fingerprint density at radius 3 is 2.57 bits per heavy atom. The third-order valence-corrected chi connectivity index (χ3v) is 5.85. The Morgan fingerprint density at radius 1 is 1.10 bits per heavy atom. The molecule has 0 radical (unpaired) electrons. The normalized spacial score (nSPS) is 19.2. The molecule has 164 valence electrons. The Balaban J connectivity index is 1.48. The first kappa shape index (κ1) is 21.9. The van der Waals surface area contributed by atoms with Crippen LogP contribution in [-0.2, 0) is 20.9 Å². The van der Waals surface area contributed by atoms with Crippen molar-refractivity contribution in [1.82, 2.24) is 15.1 Å². The highest BCUT2D eigenvalue weighted by atomic mass is 16.5. The number of nitrogens with zero attached hydrogens (tertiary/aromatic N) is 2. The van der Waals surface area contributed by atoms with Crippen molar-refractivity contribution in [2.75, 3.05) is 40.4 Å². The Labute approximate surface area is 177 Å². The molecule has 8 nitrogen and oxygen atoms in total. The van der Waals surface area contributed by atoms with Crippen LogP contribution < -0.4 is 14.8 Å². The van der Waals surface area contributed by atoms with Crippen molar-refractivity contribution in [2.45, 2.75) is 38.6 Å². The van der Waals surface area contributed by atoms with E-state index in [1.807, 2.05) is 17.0 Å². The number of benzene rings is 1. The molecule has 1 atom stereocenters. The van der Waals surface area contributed by atoms with Gasteiger partial charge in [0.1, 0.15) is 11.5 Å². The number of amides is 3. The second kappa shape index (κ2) is 10.3. The van der Waals surface area contributed by atoms with Gasteiger partial charge in [-0.05, 0) is 31.4 Å². The molecule has 1 N–H and O–H groups in total. The van der Waals surface area contributed by atoms with Gasteiger partial charge < -0.3 is 24.6 Å². The lowest BCUT2D eigenvalue weighted by Gasteiger charge is -2.32. The topological polar surface area (TPSA) is 88.2 Å². The van der Waals surface area contributed by atoms with Crippen molar-refractivity contribution in [2.24, 2.45) is 5.92 Å². The number of hydrogen-bond donors (Lipinski definition) is 1. The number of rotatable bonds is 9. The van der Waals surface area contributed by atoms with Crippen LogP contribution in [-0.4, -0.2) is 67.9 Å². The van der Waals surface area contributed by atoms with Crippen molar-refractivity contribution in [3.8, 4) is 11.5 Å². The molecule has 3 rings (SSSR count). The smallest absolute Gasteiger partial charge is 0.225 e. The van der Waals surface area contributed by atoms with E-state index in [1.54, 1.807) is 25.2 Å². The molecule has 2 aliphatic rings. The van der Waals surface area contributed by atoms with Crippen LogP contribution in [0.1, 0.15) is 37.7 Å². The van der Waals surface area contributed by atoms with Gasteiger partial charge in [0.2, 0.25) is 17.7 Å². The predicted octanol–water partition coefficient (Wildman–Crippen LogP) is 1.57. The molecule has 0 aliphatic carbocycles. The summed E-state index contributed by atoms with van der Waals surface area (Å²) in [5, 5.41) is 2.97. The van der Waals surface area contributed by atoms with Crippen molar-refractivity contribution >= 4 is 17.7 Å². The summed E-state index contributed by atoms with van der Waals surface area (Å²) in [6.45, 7) is 2.86. The van der Waals surface area contributed by atoms with Gasteiger partial charge in [-0.2, -0.15) is 0 Å². The summed E-state index contributed by atoms with van der Waals surface area (Å²) in [6.07, 6.45) is 3.24. The third kappa shape index (κ3) is 5.43. The van der Waals surface area contributed by atoms with Crippen LogP contribution in [0.4, 0.5) is 0 Å². The van der Waals surface area contributed by atoms with Gasteiger partial charge in [-0.3, -0.25) is 14.4 Å². The molecule has 0 aromatic heterocycles. The Morgan fingerprint density at radius 2 is 1.87 bits per heavy atom. The predicted molar refractivity (Wildman–Crippen MR) is 111 cm³/mol. The molecule has 30 heavy (non-hydrogen) atoms. The molecule has 0 bridgehead atoms. The zero-order valence-electron chi connectivity index (χ0n) is 17.8. The number of likely N-dealkylation sites (tertiary alicyclic amines) is 2. The average molecular weight is 418 g/mol. The number of methoxy groups -OCH3 is 2. The summed E-state index contributed by atoms with van der Waals surface area (Å²) < 4.78 is 10.6. The van der Waals surface area contributed by atoms with Gasteiger partial charge in [-0.25, -0.2) is 0 Å². The zero-order valence-corrected chi connectivity index (χ0v) is 17.8. The molecule has 0 spiro atoms. The van der Waals surface area contributed by atoms with Gasteiger partial charge in [0.05, 0.1) is 20.1 Å². The van der Waals surface area contributed by atoms with Crippen molar-refractivity contribution in [1.29, 1.82) is 0 Å². The van der Waals surface area contributed by atoms with Crippen molar-refractivity contribution < 1.29 is 23.9 Å². The third-order valence-electron chi connectivity index (χ3n) is 5.85. The summed E-state index contributed by atoms with van der Waals surface area (Å²) in [4.78, 5) is 40.3. The highest BCUT2D eigenvalue weighted by Crippen LogP contribution is 2.25. The minimum absolute atomic E-state index is 0.0555. The molecule has 1 aromatic rings. The maximum absolute atomic E-state index is 12.7. The second-order valence-corrected chi connectivity index (χ2v) is 7.81. The second-order valence-electron chi connectivity index (χ2n) is 7.81. The van der Waals surface area contributed by atoms with Crippen LogP contribution in [0.15, 0.2) is 18.2 Å². The van der Waals surface area contributed by atoms with Crippen molar-refractivity contribution in [3.63, 3.8) is 0 Å². The Hall–Kier alpha value is -2.77. The Bertz CT molecular complexity index is 782. The van der Waals surface area contributed by atoms with E-state index in [-0.39, 0.29) is 23.6 Å². The van der Waals surface area contributed by atoms with E-state index in [1.165, 1.54) is 0 Å². The van der Waals surface area contributed by atoms with Gasteiger partial charge in [0, 0.05) is 57.2 Å². The van der Waals surface area contributed by atoms with Crippen LogP contribution in [0.2, 0.25) is 0 Å². The van der Waals surface area contributed by atoms with Crippen LogP contribution in [0.3, 0.4) is 0 Å². The molecule has 2 saturated heterocycles. The van der Waals surface area contributed by atoms with E-state index in [9.17, 15) is 14.4 Å². The maximum atomic E-state index is 12.7. The highest BCUT2D eigenvalue weighted by Gasteiger charge is 2.30. The molecule has 2 fully saturated rings. The van der Waals surface area contributed by atoms with E-state index >= 15 is 0 Å². The van der Waals surface area contributed by atoms with Crippen LogP contribution >= 0.6 is 0 Å². The first-order valence-corrected chi connectivity index (χ1v) is 10.6. The molecular weight excluding hydrogens is 386 g/mol. The lowest BCUT2D eigenvalue weighted by atomic mass is 9.96. The fraction of sp³-hybridized carbons (Fsp3) is 0.591. The van der Waals surface area contributed by atoms with Crippen molar-refractivity contribution in [3.05, 3.63) is 23.8 Å². The number of ether oxygens (including phenoxy) is 2. The lowest BCUT2D eigenvalue weighted by Crippen LogP contribution is -2.46. The minimum atomic E-state index is -0.222. The summed E-state index contributed by atoms with van der Waals surface area (Å²) in [7, 11) is 3.18. The number of hydrogen-bond acceptors (Lipinski definition) is 5. The molecule has 0 unspecified atom stereocenters. The molecule has 0 saturated carbocycles. The lowest BCUT2D eigenvalue weighted by molar-refractivity contribution is -0.138. The fourth-order valence-electron chi connectivity index (χ4n) is 4.06. The van der Waals surface area contributed by atoms with Gasteiger partial charge in [0.25, 0.3) is 0 Å². The van der Waals surface area contributed by atoms with Gasteiger partial charge in [0.15, 0.2) is 0 Å². The zero-order chi connectivity index (χ0) is 21.5. The fourth-order valence-corrected chi connectivity index (χ4v) is 4.06. The molecular formula is C22H31N3O5. The molecule has 3 amide bonds. The number of carbonyl (C=O) groups is 3. The van der Waals surface area contributed by atoms with E-state index in [0.717, 1.165) is 24.9 Å². The van der Waals surface area contributed by atoms with Crippen LogP contribution in [0.5, 0.6) is 11.5 Å². The maximum Gasteiger partial charge on any atom is 0.225 e. The van der Waals surface area contributed by atoms with E-state index in [0.29, 0.717) is 56.9 Å². The largest absolute Gasteiger partial charge is 0.497 e. The molecule has 2 heterocycles.